The molecule has 0 aliphatic carbocycles. The maximum absolute atomic E-state index is 11.5. The molecule has 1 amide bonds. The molecule has 0 aliphatic heterocycles. The minimum atomic E-state index is -0.176. The van der Waals surface area contributed by atoms with Crippen LogP contribution in [0.5, 0.6) is 0 Å². The molecule has 0 bridgehead atoms. The van der Waals surface area contributed by atoms with Gasteiger partial charge in [-0.25, -0.2) is 0 Å². The van der Waals surface area contributed by atoms with E-state index in [0.717, 1.165) is 25.7 Å². The Bertz CT molecular complexity index is 162. The standard InChI is InChI=1S/C11H24N2O.ClH/c1-4-7-8-10(14)13-11(5-2,6-3)9-12;/h4-9,12H2,1-3H3,(H,13,14);1H. The van der Waals surface area contributed by atoms with Gasteiger partial charge in [-0.2, -0.15) is 0 Å². The zero-order valence-corrected chi connectivity index (χ0v) is 11.0. The zero-order valence-electron chi connectivity index (χ0n) is 10.1. The summed E-state index contributed by atoms with van der Waals surface area (Å²) in [6, 6.07) is 0. The van der Waals surface area contributed by atoms with Crippen LogP contribution in [0.4, 0.5) is 0 Å². The van der Waals surface area contributed by atoms with Gasteiger partial charge in [-0.15, -0.1) is 12.4 Å². The van der Waals surface area contributed by atoms with E-state index in [1.807, 2.05) is 0 Å². The van der Waals surface area contributed by atoms with E-state index in [0.29, 0.717) is 13.0 Å². The Morgan fingerprint density at radius 1 is 1.27 bits per heavy atom. The van der Waals surface area contributed by atoms with Crippen LogP contribution in [-0.4, -0.2) is 18.0 Å². The van der Waals surface area contributed by atoms with Crippen molar-refractivity contribution in [2.24, 2.45) is 5.73 Å². The highest BCUT2D eigenvalue weighted by Crippen LogP contribution is 2.13. The van der Waals surface area contributed by atoms with E-state index < -0.39 is 0 Å². The predicted molar refractivity (Wildman–Crippen MR) is 67.3 cm³/mol. The number of hydrogen-bond acceptors (Lipinski definition) is 2. The number of carbonyl (C=O) groups excluding carboxylic acids is 1. The minimum absolute atomic E-state index is 0. The molecule has 0 unspecified atom stereocenters. The second-order valence-electron chi connectivity index (χ2n) is 3.84. The molecule has 0 aliphatic rings. The van der Waals surface area contributed by atoms with Crippen LogP contribution >= 0.6 is 12.4 Å². The fourth-order valence-corrected chi connectivity index (χ4v) is 1.46. The molecule has 0 heterocycles. The second-order valence-corrected chi connectivity index (χ2v) is 3.84. The van der Waals surface area contributed by atoms with Crippen molar-refractivity contribution in [2.75, 3.05) is 6.54 Å². The van der Waals surface area contributed by atoms with E-state index >= 15 is 0 Å². The van der Waals surface area contributed by atoms with Crippen molar-refractivity contribution in [2.45, 2.75) is 58.4 Å². The molecule has 0 fully saturated rings. The summed E-state index contributed by atoms with van der Waals surface area (Å²) in [5.74, 6) is 0.140. The lowest BCUT2D eigenvalue weighted by atomic mass is 9.92. The molecular weight excluding hydrogens is 212 g/mol. The highest BCUT2D eigenvalue weighted by atomic mass is 35.5. The summed E-state index contributed by atoms with van der Waals surface area (Å²) in [6.07, 6.45) is 4.44. The molecule has 0 atom stereocenters. The van der Waals surface area contributed by atoms with E-state index in [4.69, 9.17) is 5.73 Å². The first-order chi connectivity index (χ1) is 6.64. The Morgan fingerprint density at radius 2 is 1.80 bits per heavy atom. The Hall–Kier alpha value is -0.280. The fraction of sp³-hybridized carbons (Fsp3) is 0.909. The van der Waals surface area contributed by atoms with Gasteiger partial charge in [0.15, 0.2) is 0 Å². The van der Waals surface area contributed by atoms with Crippen LogP contribution < -0.4 is 11.1 Å². The average Bonchev–Trinajstić information content (AvgIpc) is 2.23. The molecule has 0 spiro atoms. The van der Waals surface area contributed by atoms with Crippen LogP contribution in [0.15, 0.2) is 0 Å². The van der Waals surface area contributed by atoms with Crippen LogP contribution in [0.2, 0.25) is 0 Å². The van der Waals surface area contributed by atoms with E-state index in [9.17, 15) is 4.79 Å². The zero-order chi connectivity index (χ0) is 11.0. The molecule has 0 saturated carbocycles. The molecule has 3 nitrogen and oxygen atoms in total. The average molecular weight is 237 g/mol. The van der Waals surface area contributed by atoms with Crippen LogP contribution in [-0.2, 0) is 4.79 Å². The quantitative estimate of drug-likeness (QED) is 0.712. The number of unbranched alkanes of at least 4 members (excludes halogenated alkanes) is 1. The molecule has 0 rings (SSSR count). The first-order valence-corrected chi connectivity index (χ1v) is 5.65. The third kappa shape index (κ3) is 6.00. The van der Waals surface area contributed by atoms with Crippen molar-refractivity contribution in [1.82, 2.24) is 5.32 Å². The number of carbonyl (C=O) groups is 1. The van der Waals surface area contributed by atoms with E-state index in [1.165, 1.54) is 0 Å². The summed E-state index contributed by atoms with van der Waals surface area (Å²) in [4.78, 5) is 11.5. The molecular formula is C11H25ClN2O. The highest BCUT2D eigenvalue weighted by Gasteiger charge is 2.25. The van der Waals surface area contributed by atoms with Crippen LogP contribution in [0.1, 0.15) is 52.9 Å². The summed E-state index contributed by atoms with van der Waals surface area (Å²) in [5.41, 5.74) is 5.52. The summed E-state index contributed by atoms with van der Waals surface area (Å²) < 4.78 is 0. The molecule has 4 heteroatoms. The lowest BCUT2D eigenvalue weighted by molar-refractivity contribution is -0.123. The second kappa shape index (κ2) is 8.98. The minimum Gasteiger partial charge on any atom is -0.349 e. The Labute approximate surface area is 99.6 Å². The number of nitrogens with two attached hydrogens (primary N) is 1. The summed E-state index contributed by atoms with van der Waals surface area (Å²) >= 11 is 0. The normalized spacial score (nSPS) is 10.7. The van der Waals surface area contributed by atoms with Gasteiger partial charge in [0.05, 0.1) is 5.54 Å². The maximum atomic E-state index is 11.5. The molecule has 0 radical (unpaired) electrons. The predicted octanol–water partition coefficient (Wildman–Crippen LogP) is 2.23. The third-order valence-corrected chi connectivity index (χ3v) is 2.91. The first-order valence-electron chi connectivity index (χ1n) is 5.65. The van der Waals surface area contributed by atoms with Crippen LogP contribution in [0.3, 0.4) is 0 Å². The van der Waals surface area contributed by atoms with E-state index in [1.54, 1.807) is 0 Å². The van der Waals surface area contributed by atoms with Crippen molar-refractivity contribution >= 4 is 18.3 Å². The van der Waals surface area contributed by atoms with Gasteiger partial charge in [0.1, 0.15) is 0 Å². The molecule has 3 N–H and O–H groups in total. The van der Waals surface area contributed by atoms with Gasteiger partial charge >= 0.3 is 0 Å². The molecule has 0 saturated heterocycles. The number of nitrogens with one attached hydrogen (secondary N) is 1. The molecule has 0 aromatic carbocycles. The summed E-state index contributed by atoms with van der Waals surface area (Å²) in [5, 5.41) is 3.05. The number of halogens is 1. The fourth-order valence-electron chi connectivity index (χ4n) is 1.46. The maximum Gasteiger partial charge on any atom is 0.220 e. The molecule has 0 aromatic rings. The van der Waals surface area contributed by atoms with E-state index in [2.05, 4.69) is 26.1 Å². The Morgan fingerprint density at radius 3 is 2.13 bits per heavy atom. The smallest absolute Gasteiger partial charge is 0.220 e. The van der Waals surface area contributed by atoms with Crippen LogP contribution in [0, 0.1) is 0 Å². The summed E-state index contributed by atoms with van der Waals surface area (Å²) in [6.45, 7) is 6.74. The number of hydrogen-bond donors (Lipinski definition) is 2. The van der Waals surface area contributed by atoms with Gasteiger partial charge in [0.2, 0.25) is 5.91 Å². The Balaban J connectivity index is 0. The van der Waals surface area contributed by atoms with Crippen molar-refractivity contribution in [3.8, 4) is 0 Å². The van der Waals surface area contributed by atoms with E-state index in [-0.39, 0.29) is 23.9 Å². The van der Waals surface area contributed by atoms with Gasteiger partial charge in [-0.1, -0.05) is 27.2 Å². The van der Waals surface area contributed by atoms with Crippen molar-refractivity contribution in [1.29, 1.82) is 0 Å². The Kier molecular flexibility index (Phi) is 10.3. The van der Waals surface area contributed by atoms with Gasteiger partial charge < -0.3 is 11.1 Å². The van der Waals surface area contributed by atoms with Gasteiger partial charge in [-0.05, 0) is 19.3 Å². The highest BCUT2D eigenvalue weighted by molar-refractivity contribution is 5.85. The van der Waals surface area contributed by atoms with Gasteiger partial charge in [-0.3, -0.25) is 4.79 Å². The van der Waals surface area contributed by atoms with Gasteiger partial charge in [0, 0.05) is 13.0 Å². The van der Waals surface area contributed by atoms with Crippen molar-refractivity contribution < 1.29 is 4.79 Å². The molecule has 15 heavy (non-hydrogen) atoms. The van der Waals surface area contributed by atoms with Gasteiger partial charge in [0.25, 0.3) is 0 Å². The SMILES string of the molecule is CCCCC(=O)NC(CC)(CC)CN.Cl. The van der Waals surface area contributed by atoms with Crippen molar-refractivity contribution in [3.63, 3.8) is 0 Å². The number of rotatable bonds is 7. The monoisotopic (exact) mass is 236 g/mol. The van der Waals surface area contributed by atoms with Crippen molar-refractivity contribution in [3.05, 3.63) is 0 Å². The molecule has 92 valence electrons. The lowest BCUT2D eigenvalue weighted by Crippen LogP contribution is -2.52. The topological polar surface area (TPSA) is 55.1 Å². The lowest BCUT2D eigenvalue weighted by Gasteiger charge is -2.31. The number of amides is 1. The first kappa shape index (κ1) is 17.1. The largest absolute Gasteiger partial charge is 0.349 e. The van der Waals surface area contributed by atoms with Crippen LogP contribution in [0.25, 0.3) is 0 Å². The molecule has 0 aromatic heterocycles. The third-order valence-electron chi connectivity index (χ3n) is 2.91. The summed E-state index contributed by atoms with van der Waals surface area (Å²) in [7, 11) is 0.